The molecule has 17 heavy (non-hydrogen) atoms. The van der Waals surface area contributed by atoms with Crippen LogP contribution in [0, 0.1) is 0 Å². The molecule has 3 nitrogen and oxygen atoms in total. The third-order valence-electron chi connectivity index (χ3n) is 3.49. The van der Waals surface area contributed by atoms with Crippen LogP contribution in [0.1, 0.15) is 32.9 Å². The molecule has 2 heterocycles. The first-order chi connectivity index (χ1) is 8.11. The lowest BCUT2D eigenvalue weighted by Gasteiger charge is -2.44. The van der Waals surface area contributed by atoms with Crippen molar-refractivity contribution in [1.29, 1.82) is 0 Å². The number of pyridine rings is 1. The lowest BCUT2D eigenvalue weighted by molar-refractivity contribution is 0.0847. The number of nitrogens with zero attached hydrogens (tertiary/aromatic N) is 2. The van der Waals surface area contributed by atoms with Crippen molar-refractivity contribution in [2.24, 2.45) is 0 Å². The topological polar surface area (TPSA) is 28.2 Å². The van der Waals surface area contributed by atoms with Crippen molar-refractivity contribution in [3.05, 3.63) is 30.1 Å². The summed E-state index contributed by atoms with van der Waals surface area (Å²) in [5, 5.41) is 3.61. The number of hydrogen-bond acceptors (Lipinski definition) is 3. The fraction of sp³-hybridized carbons (Fsp3) is 0.643. The molecule has 1 unspecified atom stereocenters. The highest BCUT2D eigenvalue weighted by Gasteiger charge is 2.31. The van der Waals surface area contributed by atoms with Crippen LogP contribution in [0.3, 0.4) is 0 Å². The van der Waals surface area contributed by atoms with Gasteiger partial charge in [0.05, 0.1) is 5.69 Å². The van der Waals surface area contributed by atoms with E-state index in [0.717, 1.165) is 19.6 Å². The average Bonchev–Trinajstić information content (AvgIpc) is 2.30. The van der Waals surface area contributed by atoms with Crippen LogP contribution in [-0.2, 0) is 6.54 Å². The zero-order valence-corrected chi connectivity index (χ0v) is 11.1. The molecule has 0 aromatic carbocycles. The van der Waals surface area contributed by atoms with E-state index < -0.39 is 0 Å². The van der Waals surface area contributed by atoms with Crippen molar-refractivity contribution in [1.82, 2.24) is 15.2 Å². The molecule has 1 aliphatic heterocycles. The number of hydrogen-bond donors (Lipinski definition) is 1. The molecular weight excluding hydrogens is 210 g/mol. The van der Waals surface area contributed by atoms with Crippen LogP contribution in [0.5, 0.6) is 0 Å². The minimum Gasteiger partial charge on any atom is -0.309 e. The Kier molecular flexibility index (Phi) is 3.79. The summed E-state index contributed by atoms with van der Waals surface area (Å²) in [4.78, 5) is 6.98. The third kappa shape index (κ3) is 3.27. The predicted octanol–water partition coefficient (Wildman–Crippen LogP) is 2.04. The molecule has 1 aromatic heterocycles. The van der Waals surface area contributed by atoms with Gasteiger partial charge >= 0.3 is 0 Å². The van der Waals surface area contributed by atoms with Gasteiger partial charge in [-0.25, -0.2) is 0 Å². The Labute approximate surface area is 104 Å². The summed E-state index contributed by atoms with van der Waals surface area (Å²) in [6, 6.07) is 6.78. The Hall–Kier alpha value is -0.930. The van der Waals surface area contributed by atoms with Crippen molar-refractivity contribution < 1.29 is 0 Å². The molecule has 1 atom stereocenters. The second-order valence-corrected chi connectivity index (χ2v) is 5.55. The largest absolute Gasteiger partial charge is 0.309 e. The van der Waals surface area contributed by atoms with Gasteiger partial charge in [0.2, 0.25) is 0 Å². The van der Waals surface area contributed by atoms with Gasteiger partial charge in [-0.05, 0) is 32.4 Å². The van der Waals surface area contributed by atoms with Gasteiger partial charge in [0.25, 0.3) is 0 Å². The predicted molar refractivity (Wildman–Crippen MR) is 70.8 cm³/mol. The summed E-state index contributed by atoms with van der Waals surface area (Å²) in [6.45, 7) is 9.92. The van der Waals surface area contributed by atoms with Gasteiger partial charge in [-0.15, -0.1) is 0 Å². The molecule has 94 valence electrons. The van der Waals surface area contributed by atoms with Crippen molar-refractivity contribution >= 4 is 0 Å². The van der Waals surface area contributed by atoms with Crippen LogP contribution in [0.15, 0.2) is 24.4 Å². The monoisotopic (exact) mass is 233 g/mol. The van der Waals surface area contributed by atoms with E-state index in [1.54, 1.807) is 0 Å². The second-order valence-electron chi connectivity index (χ2n) is 5.55. The lowest BCUT2D eigenvalue weighted by Crippen LogP contribution is -2.61. The van der Waals surface area contributed by atoms with Gasteiger partial charge in [-0.1, -0.05) is 13.0 Å². The van der Waals surface area contributed by atoms with Crippen LogP contribution in [0.2, 0.25) is 0 Å². The maximum atomic E-state index is 4.43. The Morgan fingerprint density at radius 1 is 1.47 bits per heavy atom. The third-order valence-corrected chi connectivity index (χ3v) is 3.49. The van der Waals surface area contributed by atoms with Crippen molar-refractivity contribution in [3.8, 4) is 0 Å². The summed E-state index contributed by atoms with van der Waals surface area (Å²) < 4.78 is 0. The molecule has 0 bridgehead atoms. The van der Waals surface area contributed by atoms with E-state index in [0.29, 0.717) is 6.04 Å². The molecular formula is C14H23N3. The smallest absolute Gasteiger partial charge is 0.0544 e. The highest BCUT2D eigenvalue weighted by Crippen LogP contribution is 2.18. The van der Waals surface area contributed by atoms with E-state index in [1.807, 2.05) is 12.3 Å². The van der Waals surface area contributed by atoms with E-state index in [1.165, 1.54) is 12.1 Å². The van der Waals surface area contributed by atoms with Gasteiger partial charge < -0.3 is 5.32 Å². The van der Waals surface area contributed by atoms with Crippen molar-refractivity contribution in [3.63, 3.8) is 0 Å². The fourth-order valence-electron chi connectivity index (χ4n) is 2.50. The molecule has 1 aromatic rings. The van der Waals surface area contributed by atoms with E-state index in [4.69, 9.17) is 0 Å². The first kappa shape index (κ1) is 12.5. The summed E-state index contributed by atoms with van der Waals surface area (Å²) in [5.41, 5.74) is 1.38. The highest BCUT2D eigenvalue weighted by atomic mass is 15.2. The van der Waals surface area contributed by atoms with Gasteiger partial charge in [-0.3, -0.25) is 9.88 Å². The average molecular weight is 233 g/mol. The first-order valence-corrected chi connectivity index (χ1v) is 6.50. The quantitative estimate of drug-likeness (QED) is 0.866. The van der Waals surface area contributed by atoms with E-state index in [9.17, 15) is 0 Å². The zero-order valence-electron chi connectivity index (χ0n) is 11.1. The second kappa shape index (κ2) is 5.15. The maximum absolute atomic E-state index is 4.43. The summed E-state index contributed by atoms with van der Waals surface area (Å²) in [6.07, 6.45) is 3.07. The standard InChI is InChI=1S/C14H23N3/c1-4-13-9-16-14(2,3)11-17(13)10-12-7-5-6-8-15-12/h5-8,13,16H,4,9-11H2,1-3H3. The Bertz CT molecular complexity index is 348. The summed E-state index contributed by atoms with van der Waals surface area (Å²) in [5.74, 6) is 0. The molecule has 0 aliphatic carbocycles. The molecule has 1 fully saturated rings. The Morgan fingerprint density at radius 2 is 2.29 bits per heavy atom. The number of piperazine rings is 1. The minimum absolute atomic E-state index is 0.209. The molecule has 2 rings (SSSR count). The molecule has 3 heteroatoms. The van der Waals surface area contributed by atoms with Gasteiger partial charge in [0.15, 0.2) is 0 Å². The van der Waals surface area contributed by atoms with Crippen LogP contribution in [-0.4, -0.2) is 34.6 Å². The molecule has 0 saturated carbocycles. The van der Waals surface area contributed by atoms with Gasteiger partial charge in [-0.2, -0.15) is 0 Å². The van der Waals surface area contributed by atoms with E-state index in [2.05, 4.69) is 48.1 Å². The number of nitrogens with one attached hydrogen (secondary N) is 1. The van der Waals surface area contributed by atoms with Crippen LogP contribution in [0.4, 0.5) is 0 Å². The summed E-state index contributed by atoms with van der Waals surface area (Å²) in [7, 11) is 0. The van der Waals surface area contributed by atoms with Crippen LogP contribution >= 0.6 is 0 Å². The van der Waals surface area contributed by atoms with Gasteiger partial charge in [0.1, 0.15) is 0 Å². The molecule has 1 saturated heterocycles. The highest BCUT2D eigenvalue weighted by molar-refractivity contribution is 5.05. The van der Waals surface area contributed by atoms with E-state index in [-0.39, 0.29) is 5.54 Å². The SMILES string of the molecule is CCC1CNC(C)(C)CN1Cc1ccccn1. The Balaban J connectivity index is 2.06. The lowest BCUT2D eigenvalue weighted by atomic mass is 9.97. The van der Waals surface area contributed by atoms with Gasteiger partial charge in [0, 0.05) is 37.4 Å². The van der Waals surface area contributed by atoms with Crippen molar-refractivity contribution in [2.75, 3.05) is 13.1 Å². The minimum atomic E-state index is 0.209. The number of rotatable bonds is 3. The van der Waals surface area contributed by atoms with E-state index >= 15 is 0 Å². The molecule has 0 radical (unpaired) electrons. The van der Waals surface area contributed by atoms with Crippen LogP contribution < -0.4 is 5.32 Å². The zero-order chi connectivity index (χ0) is 12.3. The molecule has 1 aliphatic rings. The Morgan fingerprint density at radius 3 is 2.94 bits per heavy atom. The fourth-order valence-corrected chi connectivity index (χ4v) is 2.50. The molecule has 1 N–H and O–H groups in total. The van der Waals surface area contributed by atoms with Crippen LogP contribution in [0.25, 0.3) is 0 Å². The molecule has 0 amide bonds. The number of aromatic nitrogens is 1. The first-order valence-electron chi connectivity index (χ1n) is 6.50. The normalized spacial score (nSPS) is 24.8. The molecule has 0 spiro atoms. The maximum Gasteiger partial charge on any atom is 0.0544 e. The van der Waals surface area contributed by atoms with Crippen molar-refractivity contribution in [2.45, 2.75) is 45.3 Å². The summed E-state index contributed by atoms with van der Waals surface area (Å²) >= 11 is 0.